The quantitative estimate of drug-likeness (QED) is 0.674. The van der Waals surface area contributed by atoms with Gasteiger partial charge in [-0.25, -0.2) is 9.59 Å². The fourth-order valence-electron chi connectivity index (χ4n) is 2.74. The van der Waals surface area contributed by atoms with E-state index in [1.165, 1.54) is 9.80 Å². The molecule has 0 unspecified atom stereocenters. The number of hydrogen-bond donors (Lipinski definition) is 2. The first kappa shape index (κ1) is 19.6. The molecule has 0 bridgehead atoms. The molecule has 0 saturated carbocycles. The molecule has 0 radical (unpaired) electrons. The zero-order chi connectivity index (χ0) is 18.9. The maximum Gasteiger partial charge on any atom is 0.407 e. The summed E-state index contributed by atoms with van der Waals surface area (Å²) in [6.45, 7) is 1.67. The second kappa shape index (κ2) is 9.71. The van der Waals surface area contributed by atoms with Crippen molar-refractivity contribution in [2.75, 3.05) is 46.6 Å². The lowest BCUT2D eigenvalue weighted by Crippen LogP contribution is -2.56. The van der Waals surface area contributed by atoms with Crippen molar-refractivity contribution in [2.45, 2.75) is 12.5 Å². The van der Waals surface area contributed by atoms with Crippen molar-refractivity contribution in [3.05, 3.63) is 24.3 Å². The average molecular weight is 368 g/mol. The van der Waals surface area contributed by atoms with E-state index in [0.717, 1.165) is 0 Å². The van der Waals surface area contributed by atoms with Crippen molar-refractivity contribution in [2.24, 2.45) is 0 Å². The predicted molar refractivity (Wildman–Crippen MR) is 92.0 cm³/mol. The van der Waals surface area contributed by atoms with Crippen LogP contribution in [-0.4, -0.2) is 84.8 Å². The minimum Gasteiger partial charge on any atom is -0.493 e. The average Bonchev–Trinajstić information content (AvgIpc) is 2.62. The van der Waals surface area contributed by atoms with Crippen molar-refractivity contribution in [1.29, 1.82) is 0 Å². The standard InChI is InChI=1S/C17H24N2O7/c1-24-9-10-26-15-4-2-3-14(11-15)25-8-5-13-12-18(16(20)21)6-7-19(13)17(22)23/h2-4,11,13H,5-10,12H2,1H3,(H,20,21)(H,22,23)/t13-/m1/s1. The molecular weight excluding hydrogens is 344 g/mol. The number of piperazine rings is 1. The Balaban J connectivity index is 1.87. The van der Waals surface area contributed by atoms with E-state index in [0.29, 0.717) is 31.1 Å². The SMILES string of the molecule is COCCOc1cccc(OCC[C@@H]2CN(C(=O)O)CCN2C(=O)O)c1. The van der Waals surface area contributed by atoms with Gasteiger partial charge in [-0.2, -0.15) is 0 Å². The summed E-state index contributed by atoms with van der Waals surface area (Å²) < 4.78 is 16.1. The van der Waals surface area contributed by atoms with Gasteiger partial charge in [-0.1, -0.05) is 6.07 Å². The maximum absolute atomic E-state index is 11.3. The number of amides is 2. The molecule has 2 N–H and O–H groups in total. The van der Waals surface area contributed by atoms with Crippen molar-refractivity contribution >= 4 is 12.2 Å². The van der Waals surface area contributed by atoms with E-state index in [1.54, 1.807) is 31.4 Å². The molecule has 0 aliphatic carbocycles. The van der Waals surface area contributed by atoms with Gasteiger partial charge in [-0.15, -0.1) is 0 Å². The van der Waals surface area contributed by atoms with Crippen LogP contribution in [0.2, 0.25) is 0 Å². The van der Waals surface area contributed by atoms with Crippen LogP contribution in [0.15, 0.2) is 24.3 Å². The molecule has 1 heterocycles. The van der Waals surface area contributed by atoms with Crippen LogP contribution in [0.3, 0.4) is 0 Å². The van der Waals surface area contributed by atoms with E-state index >= 15 is 0 Å². The van der Waals surface area contributed by atoms with Crippen molar-refractivity contribution in [3.8, 4) is 11.5 Å². The Morgan fingerprint density at radius 2 is 1.77 bits per heavy atom. The van der Waals surface area contributed by atoms with Gasteiger partial charge in [0.25, 0.3) is 0 Å². The summed E-state index contributed by atoms with van der Waals surface area (Å²) >= 11 is 0. The van der Waals surface area contributed by atoms with Crippen LogP contribution in [0.5, 0.6) is 11.5 Å². The fourth-order valence-corrected chi connectivity index (χ4v) is 2.74. The Bertz CT molecular complexity index is 611. The van der Waals surface area contributed by atoms with Crippen LogP contribution in [0.4, 0.5) is 9.59 Å². The summed E-state index contributed by atoms with van der Waals surface area (Å²) in [6, 6.07) is 6.70. The summed E-state index contributed by atoms with van der Waals surface area (Å²) in [5.41, 5.74) is 0. The lowest BCUT2D eigenvalue weighted by molar-refractivity contribution is 0.0562. The summed E-state index contributed by atoms with van der Waals surface area (Å²) in [5, 5.41) is 18.4. The second-order valence-electron chi connectivity index (χ2n) is 5.81. The number of rotatable bonds is 8. The topological polar surface area (TPSA) is 109 Å². The molecule has 26 heavy (non-hydrogen) atoms. The highest BCUT2D eigenvalue weighted by Gasteiger charge is 2.32. The number of carbonyl (C=O) groups is 2. The normalized spacial score (nSPS) is 17.0. The third-order valence-electron chi connectivity index (χ3n) is 4.08. The smallest absolute Gasteiger partial charge is 0.407 e. The molecule has 9 nitrogen and oxygen atoms in total. The molecule has 1 fully saturated rings. The lowest BCUT2D eigenvalue weighted by atomic mass is 10.1. The van der Waals surface area contributed by atoms with E-state index in [-0.39, 0.29) is 26.2 Å². The van der Waals surface area contributed by atoms with Crippen LogP contribution in [0.1, 0.15) is 6.42 Å². The molecule has 1 saturated heterocycles. The molecule has 1 atom stereocenters. The lowest BCUT2D eigenvalue weighted by Gasteiger charge is -2.38. The van der Waals surface area contributed by atoms with Gasteiger partial charge < -0.3 is 34.2 Å². The Kier molecular flexibility index (Phi) is 7.34. The van der Waals surface area contributed by atoms with Crippen LogP contribution in [0, 0.1) is 0 Å². The number of benzene rings is 1. The summed E-state index contributed by atoms with van der Waals surface area (Å²) in [4.78, 5) is 25.0. The highest BCUT2D eigenvalue weighted by molar-refractivity contribution is 5.68. The van der Waals surface area contributed by atoms with E-state index in [4.69, 9.17) is 19.3 Å². The zero-order valence-corrected chi connectivity index (χ0v) is 14.7. The van der Waals surface area contributed by atoms with Gasteiger partial charge in [0.15, 0.2) is 0 Å². The van der Waals surface area contributed by atoms with Gasteiger partial charge in [0.1, 0.15) is 18.1 Å². The predicted octanol–water partition coefficient (Wildman–Crippen LogP) is 1.82. The molecule has 9 heteroatoms. The molecule has 0 spiro atoms. The van der Waals surface area contributed by atoms with E-state index in [2.05, 4.69) is 0 Å². The van der Waals surface area contributed by atoms with Gasteiger partial charge in [-0.05, 0) is 12.1 Å². The van der Waals surface area contributed by atoms with E-state index < -0.39 is 18.2 Å². The first-order chi connectivity index (χ1) is 12.5. The van der Waals surface area contributed by atoms with Crippen LogP contribution in [-0.2, 0) is 4.74 Å². The van der Waals surface area contributed by atoms with Gasteiger partial charge in [-0.3, -0.25) is 0 Å². The molecule has 2 amide bonds. The second-order valence-corrected chi connectivity index (χ2v) is 5.81. The Morgan fingerprint density at radius 3 is 2.38 bits per heavy atom. The van der Waals surface area contributed by atoms with Crippen LogP contribution < -0.4 is 9.47 Å². The number of carboxylic acid groups (broad SMARTS) is 2. The number of nitrogens with zero attached hydrogens (tertiary/aromatic N) is 2. The first-order valence-electron chi connectivity index (χ1n) is 8.33. The molecular formula is C17H24N2O7. The first-order valence-corrected chi connectivity index (χ1v) is 8.33. The minimum atomic E-state index is -1.05. The molecule has 2 rings (SSSR count). The van der Waals surface area contributed by atoms with Crippen LogP contribution in [0.25, 0.3) is 0 Å². The van der Waals surface area contributed by atoms with Gasteiger partial charge in [0.05, 0.1) is 19.3 Å². The van der Waals surface area contributed by atoms with Crippen LogP contribution >= 0.6 is 0 Å². The molecule has 144 valence electrons. The molecule has 0 aromatic heterocycles. The number of ether oxygens (including phenoxy) is 3. The van der Waals surface area contributed by atoms with E-state index in [1.807, 2.05) is 0 Å². The van der Waals surface area contributed by atoms with Crippen molar-refractivity contribution < 1.29 is 34.0 Å². The summed E-state index contributed by atoms with van der Waals surface area (Å²) in [5.74, 6) is 1.26. The Labute approximate surface area is 151 Å². The van der Waals surface area contributed by atoms with Gasteiger partial charge in [0, 0.05) is 39.2 Å². The van der Waals surface area contributed by atoms with Crippen molar-refractivity contribution in [1.82, 2.24) is 9.80 Å². The monoisotopic (exact) mass is 368 g/mol. The van der Waals surface area contributed by atoms with Gasteiger partial charge >= 0.3 is 12.2 Å². The van der Waals surface area contributed by atoms with E-state index in [9.17, 15) is 14.7 Å². The zero-order valence-electron chi connectivity index (χ0n) is 14.7. The minimum absolute atomic E-state index is 0.144. The fraction of sp³-hybridized carbons (Fsp3) is 0.529. The molecule has 1 aromatic carbocycles. The highest BCUT2D eigenvalue weighted by Crippen LogP contribution is 2.20. The Morgan fingerprint density at radius 1 is 1.08 bits per heavy atom. The maximum atomic E-state index is 11.3. The number of methoxy groups -OCH3 is 1. The molecule has 1 aromatic rings. The molecule has 1 aliphatic rings. The number of hydrogen-bond acceptors (Lipinski definition) is 5. The summed E-state index contributed by atoms with van der Waals surface area (Å²) in [7, 11) is 1.60. The highest BCUT2D eigenvalue weighted by atomic mass is 16.5. The third kappa shape index (κ3) is 5.69. The summed E-state index contributed by atoms with van der Waals surface area (Å²) in [6.07, 6.45) is -1.69. The van der Waals surface area contributed by atoms with Crippen molar-refractivity contribution in [3.63, 3.8) is 0 Å². The van der Waals surface area contributed by atoms with Gasteiger partial charge in [0.2, 0.25) is 0 Å². The third-order valence-corrected chi connectivity index (χ3v) is 4.08. The molecule has 1 aliphatic heterocycles. The largest absolute Gasteiger partial charge is 0.493 e. The Hall–Kier alpha value is -2.68.